The molecular weight excluding hydrogens is 640 g/mol. The Kier molecular flexibility index (Phi) is 7.44. The van der Waals surface area contributed by atoms with Gasteiger partial charge >= 0.3 is 5.97 Å². The van der Waals surface area contributed by atoms with Crippen LogP contribution in [0, 0.1) is 3.57 Å². The molecule has 3 aromatic carbocycles. The molecule has 0 radical (unpaired) electrons. The Morgan fingerprint density at radius 2 is 1.76 bits per heavy atom. The van der Waals surface area contributed by atoms with E-state index in [2.05, 4.69) is 27.9 Å². The Labute approximate surface area is 243 Å². The first-order chi connectivity index (χ1) is 18.2. The SMILES string of the molecule is COC(=O)C1=C(C)NC2=C(C(=O)c3ccccc32)[C@@H]1c1cc(I)c(OCc2ccc(Cl)c(Cl)c2)c(OC)c1. The summed E-state index contributed by atoms with van der Waals surface area (Å²) in [5.41, 5.74) is 5.16. The summed E-state index contributed by atoms with van der Waals surface area (Å²) >= 11 is 14.4. The molecule has 0 saturated carbocycles. The maximum absolute atomic E-state index is 13.6. The van der Waals surface area contributed by atoms with Crippen LogP contribution in [0.4, 0.5) is 0 Å². The van der Waals surface area contributed by atoms with Gasteiger partial charge in [0.1, 0.15) is 6.61 Å². The molecule has 0 amide bonds. The first kappa shape index (κ1) is 26.6. The summed E-state index contributed by atoms with van der Waals surface area (Å²) in [7, 11) is 2.88. The van der Waals surface area contributed by atoms with Crippen LogP contribution >= 0.6 is 45.8 Å². The number of methoxy groups -OCH3 is 2. The highest BCUT2D eigenvalue weighted by molar-refractivity contribution is 14.1. The second-order valence-corrected chi connectivity index (χ2v) is 10.8. The van der Waals surface area contributed by atoms with Gasteiger partial charge in [-0.15, -0.1) is 0 Å². The van der Waals surface area contributed by atoms with Gasteiger partial charge in [0.2, 0.25) is 0 Å². The number of rotatable bonds is 6. The van der Waals surface area contributed by atoms with E-state index in [1.165, 1.54) is 7.11 Å². The van der Waals surface area contributed by atoms with Gasteiger partial charge in [-0.2, -0.15) is 0 Å². The van der Waals surface area contributed by atoms with Gasteiger partial charge in [-0.3, -0.25) is 4.79 Å². The van der Waals surface area contributed by atoms with Crippen LogP contribution in [0.3, 0.4) is 0 Å². The third-order valence-corrected chi connectivity index (χ3v) is 8.15. The number of benzene rings is 3. The Balaban J connectivity index is 1.59. The topological polar surface area (TPSA) is 73.9 Å². The van der Waals surface area contributed by atoms with E-state index in [0.717, 1.165) is 14.7 Å². The van der Waals surface area contributed by atoms with Gasteiger partial charge in [-0.05, 0) is 64.9 Å². The van der Waals surface area contributed by atoms with Crippen LogP contribution < -0.4 is 14.8 Å². The molecular formula is C29H22Cl2INO5. The van der Waals surface area contributed by atoms with Crippen molar-refractivity contribution in [3.05, 3.63) is 107 Å². The summed E-state index contributed by atoms with van der Waals surface area (Å²) in [6.07, 6.45) is 0. The van der Waals surface area contributed by atoms with E-state index in [1.807, 2.05) is 37.3 Å². The predicted octanol–water partition coefficient (Wildman–Crippen LogP) is 6.93. The molecule has 0 bridgehead atoms. The van der Waals surface area contributed by atoms with E-state index in [4.69, 9.17) is 37.4 Å². The third kappa shape index (κ3) is 4.57. The van der Waals surface area contributed by atoms with E-state index in [1.54, 1.807) is 31.4 Å². The maximum atomic E-state index is 13.6. The van der Waals surface area contributed by atoms with Crippen molar-refractivity contribution in [2.75, 3.05) is 14.2 Å². The molecule has 3 aromatic rings. The predicted molar refractivity (Wildman–Crippen MR) is 155 cm³/mol. The standard InChI is InChI=1S/C29H22Cl2INO5/c1-14-23(29(35)37-3)24(25-26(33-14)17-6-4-5-7-18(17)27(25)34)16-11-21(32)28(22(12-16)36-2)38-13-15-8-9-19(30)20(31)10-15/h4-12,24,33H,13H2,1-3H3/t24-/m1/s1. The molecule has 0 unspecified atom stereocenters. The summed E-state index contributed by atoms with van der Waals surface area (Å²) in [5, 5.41) is 4.20. The molecule has 1 heterocycles. The van der Waals surface area contributed by atoms with Gasteiger partial charge in [-0.25, -0.2) is 4.79 Å². The summed E-state index contributed by atoms with van der Waals surface area (Å²) in [6.45, 7) is 2.05. The van der Waals surface area contributed by atoms with E-state index in [9.17, 15) is 9.59 Å². The molecule has 5 rings (SSSR count). The van der Waals surface area contributed by atoms with Crippen molar-refractivity contribution < 1.29 is 23.8 Å². The molecule has 0 aromatic heterocycles. The number of esters is 1. The fraction of sp³-hybridized carbons (Fsp3) is 0.172. The minimum absolute atomic E-state index is 0.129. The average Bonchev–Trinajstić information content (AvgIpc) is 3.19. The normalized spacial score (nSPS) is 16.2. The number of halogens is 3. The Morgan fingerprint density at radius 1 is 1.03 bits per heavy atom. The summed E-state index contributed by atoms with van der Waals surface area (Å²) in [4.78, 5) is 26.7. The van der Waals surface area contributed by atoms with Crippen molar-refractivity contribution in [3.63, 3.8) is 0 Å². The zero-order valence-corrected chi connectivity index (χ0v) is 24.3. The van der Waals surface area contributed by atoms with Gasteiger partial charge in [0, 0.05) is 28.3 Å². The lowest BCUT2D eigenvalue weighted by Gasteiger charge is -2.29. The lowest BCUT2D eigenvalue weighted by atomic mass is 9.79. The van der Waals surface area contributed by atoms with E-state index >= 15 is 0 Å². The zero-order valence-electron chi connectivity index (χ0n) is 20.7. The minimum Gasteiger partial charge on any atom is -0.493 e. The Hall–Kier alpha value is -3.01. The van der Waals surface area contributed by atoms with Crippen molar-refractivity contribution in [1.82, 2.24) is 5.32 Å². The number of carbonyl (C=O) groups is 2. The van der Waals surface area contributed by atoms with Crippen LogP contribution in [0.2, 0.25) is 10.0 Å². The molecule has 1 N–H and O–H groups in total. The Morgan fingerprint density at radius 3 is 2.45 bits per heavy atom. The van der Waals surface area contributed by atoms with Crippen LogP contribution in [0.15, 0.2) is 71.4 Å². The quantitative estimate of drug-likeness (QED) is 0.228. The molecule has 1 atom stereocenters. The van der Waals surface area contributed by atoms with Crippen molar-refractivity contribution >= 4 is 63.2 Å². The van der Waals surface area contributed by atoms with Gasteiger partial charge in [0.25, 0.3) is 0 Å². The molecule has 9 heteroatoms. The number of Topliss-reactive ketones (excluding diaryl/α,β-unsaturated/α-hetero) is 1. The van der Waals surface area contributed by atoms with Crippen LogP contribution in [0.5, 0.6) is 11.5 Å². The number of hydrogen-bond acceptors (Lipinski definition) is 6. The van der Waals surface area contributed by atoms with Gasteiger partial charge in [-0.1, -0.05) is 53.5 Å². The number of fused-ring (bicyclic) bond motifs is 2. The highest BCUT2D eigenvalue weighted by atomic mass is 127. The molecule has 194 valence electrons. The molecule has 0 spiro atoms. The lowest BCUT2D eigenvalue weighted by Crippen LogP contribution is -2.29. The third-order valence-electron chi connectivity index (χ3n) is 6.61. The molecule has 2 aliphatic rings. The van der Waals surface area contributed by atoms with Gasteiger partial charge in [0.05, 0.1) is 39.1 Å². The first-order valence-corrected chi connectivity index (χ1v) is 13.5. The van der Waals surface area contributed by atoms with Crippen LogP contribution in [-0.4, -0.2) is 26.0 Å². The van der Waals surface area contributed by atoms with Crippen LogP contribution in [0.1, 0.15) is 39.9 Å². The average molecular weight is 662 g/mol. The Bertz CT molecular complexity index is 1560. The number of ketones is 1. The molecule has 6 nitrogen and oxygen atoms in total. The number of hydrogen-bond donors (Lipinski definition) is 1. The number of allylic oxidation sites excluding steroid dienone is 2. The highest BCUT2D eigenvalue weighted by Gasteiger charge is 2.43. The number of ether oxygens (including phenoxy) is 3. The summed E-state index contributed by atoms with van der Waals surface area (Å²) < 4.78 is 17.7. The fourth-order valence-corrected chi connectivity index (χ4v) is 5.98. The van der Waals surface area contributed by atoms with E-state index in [-0.39, 0.29) is 12.4 Å². The second kappa shape index (κ2) is 10.6. The van der Waals surface area contributed by atoms with Crippen molar-refractivity contribution in [1.29, 1.82) is 0 Å². The maximum Gasteiger partial charge on any atom is 0.336 e. The van der Waals surface area contributed by atoms with Crippen molar-refractivity contribution in [2.24, 2.45) is 0 Å². The number of carbonyl (C=O) groups excluding carboxylic acids is 2. The van der Waals surface area contributed by atoms with Crippen LogP contribution in [0.25, 0.3) is 5.70 Å². The monoisotopic (exact) mass is 661 g/mol. The summed E-state index contributed by atoms with van der Waals surface area (Å²) in [5.74, 6) is -0.296. The highest BCUT2D eigenvalue weighted by Crippen LogP contribution is 2.48. The molecule has 1 aliphatic heterocycles. The number of nitrogens with one attached hydrogen (secondary N) is 1. The molecule has 1 aliphatic carbocycles. The van der Waals surface area contributed by atoms with Crippen molar-refractivity contribution in [3.8, 4) is 11.5 Å². The summed E-state index contributed by atoms with van der Waals surface area (Å²) in [6, 6.07) is 16.4. The largest absolute Gasteiger partial charge is 0.493 e. The fourth-order valence-electron chi connectivity index (χ4n) is 4.87. The van der Waals surface area contributed by atoms with Crippen LogP contribution in [-0.2, 0) is 16.1 Å². The molecule has 38 heavy (non-hydrogen) atoms. The second-order valence-electron chi connectivity index (χ2n) is 8.82. The smallest absolute Gasteiger partial charge is 0.336 e. The minimum atomic E-state index is -0.662. The zero-order chi connectivity index (χ0) is 27.1. The first-order valence-electron chi connectivity index (χ1n) is 11.6. The van der Waals surface area contributed by atoms with Gasteiger partial charge < -0.3 is 19.5 Å². The van der Waals surface area contributed by atoms with E-state index in [0.29, 0.717) is 55.2 Å². The molecule has 0 saturated heterocycles. The van der Waals surface area contributed by atoms with E-state index < -0.39 is 11.9 Å². The lowest BCUT2D eigenvalue weighted by molar-refractivity contribution is -0.136. The molecule has 0 fully saturated rings. The van der Waals surface area contributed by atoms with Crippen molar-refractivity contribution in [2.45, 2.75) is 19.4 Å². The van der Waals surface area contributed by atoms with Gasteiger partial charge in [0.15, 0.2) is 17.3 Å². The number of dihydropyridines is 1.